The zero-order valence-corrected chi connectivity index (χ0v) is 13.9. The van der Waals surface area contributed by atoms with Gasteiger partial charge in [0.05, 0.1) is 6.04 Å². The Morgan fingerprint density at radius 3 is 2.35 bits per heavy atom. The molecule has 4 rings (SSSR count). The van der Waals surface area contributed by atoms with Gasteiger partial charge in [-0.2, -0.15) is 0 Å². The van der Waals surface area contributed by atoms with Crippen LogP contribution in [0.1, 0.15) is 17.2 Å². The number of aromatic nitrogens is 2. The van der Waals surface area contributed by atoms with E-state index in [-0.39, 0.29) is 17.5 Å². The summed E-state index contributed by atoms with van der Waals surface area (Å²) in [4.78, 5) is 8.35. The fourth-order valence-electron chi connectivity index (χ4n) is 3.00. The maximum absolute atomic E-state index is 10.8. The first kappa shape index (κ1) is 15.9. The van der Waals surface area contributed by atoms with Gasteiger partial charge in [-0.3, -0.25) is 9.97 Å². The van der Waals surface area contributed by atoms with Crippen molar-refractivity contribution < 1.29 is 10.2 Å². The van der Waals surface area contributed by atoms with Gasteiger partial charge in [-0.1, -0.05) is 30.3 Å². The van der Waals surface area contributed by atoms with Crippen LogP contribution < -0.4 is 5.32 Å². The Kier molecular flexibility index (Phi) is 4.11. The van der Waals surface area contributed by atoms with Gasteiger partial charge < -0.3 is 15.5 Å². The molecule has 0 saturated carbocycles. The number of fused-ring (bicyclic) bond motifs is 1. The molecule has 0 spiro atoms. The lowest BCUT2D eigenvalue weighted by Crippen LogP contribution is -2.12. The Morgan fingerprint density at radius 1 is 0.808 bits per heavy atom. The van der Waals surface area contributed by atoms with Gasteiger partial charge in [0, 0.05) is 35.2 Å². The van der Waals surface area contributed by atoms with Crippen molar-refractivity contribution in [2.45, 2.75) is 6.04 Å². The van der Waals surface area contributed by atoms with Crippen molar-refractivity contribution in [2.75, 3.05) is 5.32 Å². The van der Waals surface area contributed by atoms with E-state index >= 15 is 0 Å². The quantitative estimate of drug-likeness (QED) is 0.516. The highest BCUT2D eigenvalue weighted by Gasteiger charge is 2.20. The number of hydrogen-bond donors (Lipinski definition) is 3. The number of nitrogens with one attached hydrogen (secondary N) is 1. The molecular formula is C21H17N3O2. The van der Waals surface area contributed by atoms with Crippen molar-refractivity contribution in [1.82, 2.24) is 9.97 Å². The molecule has 0 amide bonds. The molecule has 0 aliphatic rings. The van der Waals surface area contributed by atoms with Gasteiger partial charge in [0.15, 0.2) is 0 Å². The van der Waals surface area contributed by atoms with Crippen molar-refractivity contribution in [2.24, 2.45) is 0 Å². The first-order valence-corrected chi connectivity index (χ1v) is 8.24. The van der Waals surface area contributed by atoms with Gasteiger partial charge in [0.1, 0.15) is 17.0 Å². The molecule has 4 aromatic rings. The van der Waals surface area contributed by atoms with Crippen LogP contribution in [0, 0.1) is 0 Å². The Morgan fingerprint density at radius 2 is 1.58 bits per heavy atom. The maximum Gasteiger partial charge on any atom is 0.147 e. The second kappa shape index (κ2) is 6.72. The lowest BCUT2D eigenvalue weighted by molar-refractivity contribution is 0.471. The van der Waals surface area contributed by atoms with E-state index in [2.05, 4.69) is 15.3 Å². The summed E-state index contributed by atoms with van der Waals surface area (Å²) in [6, 6.07) is 17.9. The predicted octanol–water partition coefficient (Wildman–Crippen LogP) is 4.24. The minimum Gasteiger partial charge on any atom is -0.508 e. The van der Waals surface area contributed by atoms with E-state index in [0.29, 0.717) is 11.1 Å². The third-order valence-corrected chi connectivity index (χ3v) is 4.31. The zero-order valence-electron chi connectivity index (χ0n) is 13.9. The first-order valence-electron chi connectivity index (χ1n) is 8.24. The summed E-state index contributed by atoms with van der Waals surface area (Å²) in [5.74, 6) is 0.337. The summed E-state index contributed by atoms with van der Waals surface area (Å²) < 4.78 is 0. The molecule has 5 heteroatoms. The SMILES string of the molecule is Oc1ccc(C(Nc2ccncc2)c2ccc3cccnc3c2O)cc1. The molecule has 2 aromatic heterocycles. The molecule has 2 heterocycles. The van der Waals surface area contributed by atoms with Gasteiger partial charge >= 0.3 is 0 Å². The zero-order chi connectivity index (χ0) is 17.9. The second-order valence-corrected chi connectivity index (χ2v) is 5.98. The maximum atomic E-state index is 10.8. The van der Waals surface area contributed by atoms with Crippen LogP contribution >= 0.6 is 0 Å². The lowest BCUT2D eigenvalue weighted by Gasteiger charge is -2.22. The van der Waals surface area contributed by atoms with Crippen molar-refractivity contribution >= 4 is 16.6 Å². The van der Waals surface area contributed by atoms with E-state index in [4.69, 9.17) is 0 Å². The molecular weight excluding hydrogens is 326 g/mol. The number of pyridine rings is 2. The molecule has 0 bridgehead atoms. The fraction of sp³-hybridized carbons (Fsp3) is 0.0476. The summed E-state index contributed by atoms with van der Waals surface area (Å²) in [5.41, 5.74) is 3.05. The molecule has 26 heavy (non-hydrogen) atoms. The van der Waals surface area contributed by atoms with E-state index in [1.54, 1.807) is 30.7 Å². The number of aromatic hydroxyl groups is 2. The van der Waals surface area contributed by atoms with Crippen LogP contribution in [0.25, 0.3) is 10.9 Å². The van der Waals surface area contributed by atoms with Crippen LogP contribution in [0.15, 0.2) is 79.3 Å². The second-order valence-electron chi connectivity index (χ2n) is 5.98. The number of benzene rings is 2. The highest BCUT2D eigenvalue weighted by Crippen LogP contribution is 2.36. The van der Waals surface area contributed by atoms with Crippen molar-refractivity contribution in [3.8, 4) is 11.5 Å². The average Bonchev–Trinajstić information content (AvgIpc) is 2.69. The number of rotatable bonds is 4. The van der Waals surface area contributed by atoms with Crippen LogP contribution in [-0.4, -0.2) is 20.2 Å². The molecule has 1 unspecified atom stereocenters. The van der Waals surface area contributed by atoms with Gasteiger partial charge in [-0.15, -0.1) is 0 Å². The standard InChI is InChI=1S/C21H17N3O2/c25-17-6-3-15(4-7-17)19(24-16-9-12-22-13-10-16)18-8-5-14-2-1-11-23-20(14)21(18)26/h1-13,19,25-26H,(H,22,24). The van der Waals surface area contributed by atoms with E-state index < -0.39 is 0 Å². The van der Waals surface area contributed by atoms with Crippen LogP contribution in [-0.2, 0) is 0 Å². The Balaban J connectivity index is 1.84. The van der Waals surface area contributed by atoms with Crippen LogP contribution in [0.3, 0.4) is 0 Å². The van der Waals surface area contributed by atoms with Crippen LogP contribution in [0.4, 0.5) is 5.69 Å². The van der Waals surface area contributed by atoms with Crippen LogP contribution in [0.5, 0.6) is 11.5 Å². The number of phenols is 2. The third kappa shape index (κ3) is 3.02. The summed E-state index contributed by atoms with van der Waals surface area (Å²) in [6.45, 7) is 0. The molecule has 0 radical (unpaired) electrons. The Bertz CT molecular complexity index is 1030. The minimum absolute atomic E-state index is 0.141. The van der Waals surface area contributed by atoms with Gasteiger partial charge in [0.25, 0.3) is 0 Å². The van der Waals surface area contributed by atoms with Crippen molar-refractivity contribution in [1.29, 1.82) is 0 Å². The van der Waals surface area contributed by atoms with E-state index in [0.717, 1.165) is 16.6 Å². The normalized spacial score (nSPS) is 12.0. The molecule has 0 saturated heterocycles. The highest BCUT2D eigenvalue weighted by molar-refractivity contribution is 5.86. The van der Waals surface area contributed by atoms with Crippen molar-refractivity contribution in [3.63, 3.8) is 0 Å². The van der Waals surface area contributed by atoms with E-state index in [9.17, 15) is 10.2 Å². The van der Waals surface area contributed by atoms with Crippen molar-refractivity contribution in [3.05, 3.63) is 90.4 Å². The predicted molar refractivity (Wildman–Crippen MR) is 101 cm³/mol. The number of hydrogen-bond acceptors (Lipinski definition) is 5. The number of anilines is 1. The minimum atomic E-state index is -0.315. The summed E-state index contributed by atoms with van der Waals surface area (Å²) in [6.07, 6.45) is 5.08. The summed E-state index contributed by atoms with van der Waals surface area (Å²) in [5, 5.41) is 24.8. The molecule has 128 valence electrons. The molecule has 0 aliphatic carbocycles. The van der Waals surface area contributed by atoms with Crippen LogP contribution in [0.2, 0.25) is 0 Å². The molecule has 1 atom stereocenters. The van der Waals surface area contributed by atoms with Gasteiger partial charge in [-0.05, 0) is 35.9 Å². The number of nitrogens with zero attached hydrogens (tertiary/aromatic N) is 2. The first-order chi connectivity index (χ1) is 12.7. The van der Waals surface area contributed by atoms with E-state index in [1.165, 1.54) is 0 Å². The largest absolute Gasteiger partial charge is 0.508 e. The van der Waals surface area contributed by atoms with Gasteiger partial charge in [0.2, 0.25) is 0 Å². The molecule has 0 aliphatic heterocycles. The molecule has 3 N–H and O–H groups in total. The monoisotopic (exact) mass is 343 g/mol. The summed E-state index contributed by atoms with van der Waals surface area (Å²) >= 11 is 0. The lowest BCUT2D eigenvalue weighted by atomic mass is 9.96. The summed E-state index contributed by atoms with van der Waals surface area (Å²) in [7, 11) is 0. The van der Waals surface area contributed by atoms with E-state index in [1.807, 2.05) is 48.5 Å². The van der Waals surface area contributed by atoms with Gasteiger partial charge in [-0.25, -0.2) is 0 Å². The smallest absolute Gasteiger partial charge is 0.147 e. The number of phenolic OH excluding ortho intramolecular Hbond substituents is 2. The molecule has 2 aromatic carbocycles. The highest BCUT2D eigenvalue weighted by atomic mass is 16.3. The topological polar surface area (TPSA) is 78.3 Å². The average molecular weight is 343 g/mol. The Hall–Kier alpha value is -3.60. The third-order valence-electron chi connectivity index (χ3n) is 4.31. The molecule has 5 nitrogen and oxygen atoms in total. The molecule has 0 fully saturated rings. The Labute approximate surface area is 150 Å². The fourth-order valence-corrected chi connectivity index (χ4v) is 3.00.